The van der Waals surface area contributed by atoms with Crippen LogP contribution in [-0.2, 0) is 11.4 Å². The molecule has 0 unspecified atom stereocenters. The molecule has 1 amide bonds. The molecule has 3 aromatic rings. The molecule has 0 saturated carbocycles. The van der Waals surface area contributed by atoms with E-state index in [-0.39, 0.29) is 23.0 Å². The number of carbonyl (C=O) groups is 1. The van der Waals surface area contributed by atoms with Crippen LogP contribution in [0.5, 0.6) is 11.5 Å². The van der Waals surface area contributed by atoms with Crippen molar-refractivity contribution in [3.8, 4) is 17.6 Å². The average molecular weight is 550 g/mol. The Labute approximate surface area is 208 Å². The molecule has 3 rings (SSSR count). The van der Waals surface area contributed by atoms with Crippen molar-refractivity contribution in [2.45, 2.75) is 6.61 Å². The van der Waals surface area contributed by atoms with Crippen LogP contribution in [0, 0.1) is 17.1 Å². The molecule has 0 bridgehead atoms. The molecule has 3 aromatic carbocycles. The molecule has 0 aliphatic carbocycles. The minimum atomic E-state index is -0.645. The molecule has 0 heterocycles. The number of nitrogens with one attached hydrogen (secondary N) is 1. The highest BCUT2D eigenvalue weighted by molar-refractivity contribution is 9.10. The summed E-state index contributed by atoms with van der Waals surface area (Å²) in [5.41, 5.74) is 1.44. The van der Waals surface area contributed by atoms with Crippen molar-refractivity contribution in [2.24, 2.45) is 0 Å². The van der Waals surface area contributed by atoms with E-state index >= 15 is 0 Å². The molecular weight excluding hydrogens is 534 g/mol. The van der Waals surface area contributed by atoms with Crippen LogP contribution in [0.3, 0.4) is 0 Å². The van der Waals surface area contributed by atoms with Crippen molar-refractivity contribution in [2.75, 3.05) is 12.4 Å². The molecule has 168 valence electrons. The Morgan fingerprint density at radius 1 is 1.18 bits per heavy atom. The number of rotatable bonds is 7. The van der Waals surface area contributed by atoms with Gasteiger partial charge < -0.3 is 14.8 Å². The van der Waals surface area contributed by atoms with Crippen LogP contribution >= 0.6 is 39.1 Å². The minimum Gasteiger partial charge on any atom is -0.493 e. The molecular formula is C24H16BrCl2FN2O3. The first-order valence-corrected chi connectivity index (χ1v) is 11.0. The van der Waals surface area contributed by atoms with Crippen LogP contribution in [0.1, 0.15) is 11.1 Å². The first-order chi connectivity index (χ1) is 15.8. The van der Waals surface area contributed by atoms with Gasteiger partial charge in [0.15, 0.2) is 11.5 Å². The van der Waals surface area contributed by atoms with Crippen LogP contribution < -0.4 is 14.8 Å². The molecule has 5 nitrogen and oxygen atoms in total. The van der Waals surface area contributed by atoms with Crippen LogP contribution in [0.25, 0.3) is 6.08 Å². The largest absolute Gasteiger partial charge is 0.493 e. The Bertz CT molecular complexity index is 1260. The Hall–Kier alpha value is -3.05. The van der Waals surface area contributed by atoms with E-state index in [4.69, 9.17) is 32.7 Å². The van der Waals surface area contributed by atoms with Gasteiger partial charge in [0.05, 0.1) is 22.3 Å². The van der Waals surface area contributed by atoms with Crippen molar-refractivity contribution in [1.82, 2.24) is 0 Å². The normalized spacial score (nSPS) is 11.0. The Morgan fingerprint density at radius 3 is 2.58 bits per heavy atom. The predicted molar refractivity (Wildman–Crippen MR) is 130 cm³/mol. The van der Waals surface area contributed by atoms with Gasteiger partial charge in [0.25, 0.3) is 5.91 Å². The van der Waals surface area contributed by atoms with Crippen LogP contribution in [-0.4, -0.2) is 13.0 Å². The second kappa shape index (κ2) is 11.2. The molecule has 0 aliphatic heterocycles. The number of methoxy groups -OCH3 is 1. The number of anilines is 1. The number of hydrogen-bond donors (Lipinski definition) is 1. The lowest BCUT2D eigenvalue weighted by Gasteiger charge is -2.14. The SMILES string of the molecule is COc1cc(/C=C(\C#N)C(=O)Nc2cc(Cl)ccc2Cl)cc(Br)c1OCc1ccc(F)cc1. The smallest absolute Gasteiger partial charge is 0.266 e. The summed E-state index contributed by atoms with van der Waals surface area (Å²) in [6.45, 7) is 0.191. The quantitative estimate of drug-likeness (QED) is 0.254. The monoisotopic (exact) mass is 548 g/mol. The fourth-order valence-corrected chi connectivity index (χ4v) is 3.71. The fraction of sp³-hybridized carbons (Fsp3) is 0.0833. The van der Waals surface area contributed by atoms with E-state index in [2.05, 4.69) is 21.2 Å². The number of ether oxygens (including phenoxy) is 2. The van der Waals surface area contributed by atoms with Gasteiger partial charge in [-0.1, -0.05) is 35.3 Å². The maximum Gasteiger partial charge on any atom is 0.266 e. The van der Waals surface area contributed by atoms with Gasteiger partial charge in [-0.25, -0.2) is 4.39 Å². The average Bonchev–Trinajstić information content (AvgIpc) is 2.79. The van der Waals surface area contributed by atoms with Crippen LogP contribution in [0.4, 0.5) is 10.1 Å². The summed E-state index contributed by atoms with van der Waals surface area (Å²) in [6.07, 6.45) is 1.41. The van der Waals surface area contributed by atoms with E-state index in [1.54, 1.807) is 36.4 Å². The van der Waals surface area contributed by atoms with E-state index < -0.39 is 5.91 Å². The van der Waals surface area contributed by atoms with E-state index in [0.717, 1.165) is 5.56 Å². The predicted octanol–water partition coefficient (Wildman–Crippen LogP) is 7.03. The highest BCUT2D eigenvalue weighted by atomic mass is 79.9. The van der Waals surface area contributed by atoms with Crippen molar-refractivity contribution >= 4 is 56.8 Å². The van der Waals surface area contributed by atoms with Crippen molar-refractivity contribution in [1.29, 1.82) is 5.26 Å². The summed E-state index contributed by atoms with van der Waals surface area (Å²) < 4.78 is 24.9. The summed E-state index contributed by atoms with van der Waals surface area (Å²) in [7, 11) is 1.47. The molecule has 0 radical (unpaired) electrons. The number of halogens is 4. The summed E-state index contributed by atoms with van der Waals surface area (Å²) >= 11 is 15.5. The molecule has 0 aliphatic rings. The molecule has 0 spiro atoms. The number of nitrogens with zero attached hydrogens (tertiary/aromatic N) is 1. The number of hydrogen-bond acceptors (Lipinski definition) is 4. The van der Waals surface area contributed by atoms with Gasteiger partial charge in [0.2, 0.25) is 0 Å². The number of benzene rings is 3. The third-order valence-corrected chi connectivity index (χ3v) is 5.55. The minimum absolute atomic E-state index is 0.153. The highest BCUT2D eigenvalue weighted by Gasteiger charge is 2.15. The van der Waals surface area contributed by atoms with Gasteiger partial charge in [0.1, 0.15) is 24.1 Å². The molecule has 9 heteroatoms. The number of carbonyl (C=O) groups excluding carboxylic acids is 1. The lowest BCUT2D eigenvalue weighted by Crippen LogP contribution is -2.13. The first kappa shape index (κ1) is 24.6. The summed E-state index contributed by atoms with van der Waals surface area (Å²) in [4.78, 5) is 12.6. The number of nitriles is 1. The topological polar surface area (TPSA) is 71.3 Å². The van der Waals surface area contributed by atoms with Crippen molar-refractivity contribution in [3.63, 3.8) is 0 Å². The van der Waals surface area contributed by atoms with E-state index in [9.17, 15) is 14.4 Å². The first-order valence-electron chi connectivity index (χ1n) is 9.43. The van der Waals surface area contributed by atoms with Crippen molar-refractivity contribution in [3.05, 3.63) is 91.6 Å². The van der Waals surface area contributed by atoms with Crippen LogP contribution in [0.15, 0.2) is 64.6 Å². The van der Waals surface area contributed by atoms with Gasteiger partial charge >= 0.3 is 0 Å². The standard InChI is InChI=1S/C24H16BrCl2FN2O3/c1-32-22-10-15(9-19(25)23(22)33-13-14-2-5-18(28)6-3-14)8-16(12-29)24(31)30-21-11-17(26)4-7-20(21)27/h2-11H,13H2,1H3,(H,30,31)/b16-8+. The van der Waals surface area contributed by atoms with E-state index in [1.165, 1.54) is 31.4 Å². The zero-order valence-corrected chi connectivity index (χ0v) is 20.3. The Morgan fingerprint density at radius 2 is 1.91 bits per heavy atom. The molecule has 0 fully saturated rings. The summed E-state index contributed by atoms with van der Waals surface area (Å²) in [5, 5.41) is 12.8. The molecule has 0 saturated heterocycles. The second-order valence-electron chi connectivity index (χ2n) is 6.70. The molecule has 0 aromatic heterocycles. The second-order valence-corrected chi connectivity index (χ2v) is 8.40. The van der Waals surface area contributed by atoms with E-state index in [0.29, 0.717) is 32.2 Å². The lowest BCUT2D eigenvalue weighted by molar-refractivity contribution is -0.112. The van der Waals surface area contributed by atoms with E-state index in [1.807, 2.05) is 6.07 Å². The molecule has 33 heavy (non-hydrogen) atoms. The lowest BCUT2D eigenvalue weighted by atomic mass is 10.1. The third-order valence-electron chi connectivity index (χ3n) is 4.40. The van der Waals surface area contributed by atoms with Gasteiger partial charge in [-0.2, -0.15) is 5.26 Å². The van der Waals surface area contributed by atoms with Gasteiger partial charge in [-0.15, -0.1) is 0 Å². The van der Waals surface area contributed by atoms with Crippen LogP contribution in [0.2, 0.25) is 10.0 Å². The van der Waals surface area contributed by atoms with Gasteiger partial charge in [-0.3, -0.25) is 4.79 Å². The molecule has 0 atom stereocenters. The summed E-state index contributed by atoms with van der Waals surface area (Å²) in [5.74, 6) is -0.169. The number of amides is 1. The highest BCUT2D eigenvalue weighted by Crippen LogP contribution is 2.38. The van der Waals surface area contributed by atoms with Gasteiger partial charge in [-0.05, 0) is 75.6 Å². The zero-order valence-electron chi connectivity index (χ0n) is 17.2. The third kappa shape index (κ3) is 6.48. The Balaban J connectivity index is 1.83. The maximum atomic E-state index is 13.1. The Kier molecular flexibility index (Phi) is 8.34. The van der Waals surface area contributed by atoms with Gasteiger partial charge in [0, 0.05) is 5.02 Å². The van der Waals surface area contributed by atoms with Crippen molar-refractivity contribution < 1.29 is 18.7 Å². The molecule has 1 N–H and O–H groups in total. The maximum absolute atomic E-state index is 13.1. The summed E-state index contributed by atoms with van der Waals surface area (Å²) in [6, 6.07) is 15.8. The zero-order chi connectivity index (χ0) is 24.0. The fourth-order valence-electron chi connectivity index (χ4n) is 2.80.